The van der Waals surface area contributed by atoms with Crippen LogP contribution in [0, 0.1) is 5.41 Å². The van der Waals surface area contributed by atoms with Crippen LogP contribution in [0.4, 0.5) is 4.79 Å². The summed E-state index contributed by atoms with van der Waals surface area (Å²) in [5, 5.41) is 7.02. The van der Waals surface area contributed by atoms with Gasteiger partial charge in [-0.05, 0) is 38.0 Å². The SMILES string of the molecule is CCOC(=O)N1CCC(NC(=NCC(=O)N(C)C)NCC2(C)CCCCCC2)CC1. The summed E-state index contributed by atoms with van der Waals surface area (Å²) in [6, 6.07) is 0.221. The van der Waals surface area contributed by atoms with Crippen LogP contribution in [0.1, 0.15) is 65.2 Å². The van der Waals surface area contributed by atoms with E-state index < -0.39 is 0 Å². The summed E-state index contributed by atoms with van der Waals surface area (Å²) in [5.41, 5.74) is 0.262. The number of carbonyl (C=O) groups is 2. The second kappa shape index (κ2) is 12.0. The zero-order chi connectivity index (χ0) is 22.0. The summed E-state index contributed by atoms with van der Waals surface area (Å²) in [6.07, 6.45) is 9.09. The number of ether oxygens (including phenoxy) is 1. The molecule has 0 atom stereocenters. The maximum absolute atomic E-state index is 12.0. The average molecular weight is 424 g/mol. The molecule has 1 aliphatic carbocycles. The van der Waals surface area contributed by atoms with E-state index >= 15 is 0 Å². The largest absolute Gasteiger partial charge is 0.450 e. The molecule has 8 nitrogen and oxygen atoms in total. The molecule has 1 aliphatic heterocycles. The minimum atomic E-state index is -0.235. The van der Waals surface area contributed by atoms with Crippen molar-refractivity contribution in [2.75, 3.05) is 46.9 Å². The Balaban J connectivity index is 1.93. The molecule has 2 rings (SSSR count). The van der Waals surface area contributed by atoms with Crippen molar-refractivity contribution in [2.24, 2.45) is 10.4 Å². The van der Waals surface area contributed by atoms with Gasteiger partial charge in [-0.3, -0.25) is 4.79 Å². The van der Waals surface area contributed by atoms with Crippen LogP contribution in [0.15, 0.2) is 4.99 Å². The van der Waals surface area contributed by atoms with Crippen LogP contribution in [0.2, 0.25) is 0 Å². The number of aliphatic imine (C=N–C) groups is 1. The van der Waals surface area contributed by atoms with Crippen LogP contribution in [0.5, 0.6) is 0 Å². The first kappa shape index (κ1) is 24.3. The summed E-state index contributed by atoms with van der Waals surface area (Å²) in [4.78, 5) is 31.8. The summed E-state index contributed by atoms with van der Waals surface area (Å²) >= 11 is 0. The number of rotatable bonds is 6. The van der Waals surface area contributed by atoms with Gasteiger partial charge in [-0.1, -0.05) is 32.6 Å². The zero-order valence-electron chi connectivity index (χ0n) is 19.3. The highest BCUT2D eigenvalue weighted by atomic mass is 16.6. The van der Waals surface area contributed by atoms with Crippen molar-refractivity contribution in [2.45, 2.75) is 71.3 Å². The van der Waals surface area contributed by atoms with E-state index in [0.29, 0.717) is 25.7 Å². The minimum Gasteiger partial charge on any atom is -0.450 e. The first-order valence-corrected chi connectivity index (χ1v) is 11.5. The molecule has 0 spiro atoms. The third-order valence-electron chi connectivity index (χ3n) is 6.23. The van der Waals surface area contributed by atoms with Gasteiger partial charge in [-0.2, -0.15) is 0 Å². The van der Waals surface area contributed by atoms with Gasteiger partial charge in [0, 0.05) is 39.8 Å². The third kappa shape index (κ3) is 8.03. The van der Waals surface area contributed by atoms with Crippen molar-refractivity contribution in [3.05, 3.63) is 0 Å². The Morgan fingerprint density at radius 2 is 1.77 bits per heavy atom. The molecule has 30 heavy (non-hydrogen) atoms. The number of nitrogens with zero attached hydrogens (tertiary/aromatic N) is 3. The Morgan fingerprint density at radius 3 is 2.33 bits per heavy atom. The van der Waals surface area contributed by atoms with E-state index in [9.17, 15) is 9.59 Å². The number of nitrogens with one attached hydrogen (secondary N) is 2. The van der Waals surface area contributed by atoms with Crippen LogP contribution in [0.3, 0.4) is 0 Å². The molecule has 0 unspecified atom stereocenters. The number of hydrogen-bond donors (Lipinski definition) is 2. The topological polar surface area (TPSA) is 86.3 Å². The lowest BCUT2D eigenvalue weighted by molar-refractivity contribution is -0.127. The van der Waals surface area contributed by atoms with Gasteiger partial charge < -0.3 is 25.2 Å². The second-order valence-electron chi connectivity index (χ2n) is 9.14. The second-order valence-corrected chi connectivity index (χ2v) is 9.14. The van der Waals surface area contributed by atoms with E-state index in [1.54, 1.807) is 23.9 Å². The van der Waals surface area contributed by atoms with Gasteiger partial charge in [-0.25, -0.2) is 9.79 Å². The van der Waals surface area contributed by atoms with Crippen LogP contribution >= 0.6 is 0 Å². The Hall–Kier alpha value is -1.99. The number of hydrogen-bond acceptors (Lipinski definition) is 4. The summed E-state index contributed by atoms with van der Waals surface area (Å²) in [6.45, 7) is 6.89. The van der Waals surface area contributed by atoms with E-state index in [1.807, 2.05) is 6.92 Å². The Morgan fingerprint density at radius 1 is 1.13 bits per heavy atom. The molecule has 1 saturated heterocycles. The van der Waals surface area contributed by atoms with Gasteiger partial charge in [0.05, 0.1) is 6.61 Å². The van der Waals surface area contributed by atoms with Crippen molar-refractivity contribution < 1.29 is 14.3 Å². The van der Waals surface area contributed by atoms with Crippen molar-refractivity contribution in [1.82, 2.24) is 20.4 Å². The molecular weight excluding hydrogens is 382 g/mol. The Kier molecular flexibility index (Phi) is 9.72. The number of piperidine rings is 1. The third-order valence-corrected chi connectivity index (χ3v) is 6.23. The first-order valence-electron chi connectivity index (χ1n) is 11.5. The highest BCUT2D eigenvalue weighted by Crippen LogP contribution is 2.33. The number of likely N-dealkylation sites (N-methyl/N-ethyl adjacent to an activating group) is 1. The quantitative estimate of drug-likeness (QED) is 0.390. The molecule has 2 N–H and O–H groups in total. The highest BCUT2D eigenvalue weighted by molar-refractivity contribution is 5.85. The number of likely N-dealkylation sites (tertiary alicyclic amines) is 1. The van der Waals surface area contributed by atoms with E-state index in [0.717, 1.165) is 19.4 Å². The summed E-state index contributed by atoms with van der Waals surface area (Å²) in [7, 11) is 3.49. The maximum Gasteiger partial charge on any atom is 0.409 e. The van der Waals surface area contributed by atoms with E-state index in [4.69, 9.17) is 4.74 Å². The summed E-state index contributed by atoms with van der Waals surface area (Å²) in [5.74, 6) is 0.680. The first-order chi connectivity index (χ1) is 14.3. The van der Waals surface area contributed by atoms with Crippen molar-refractivity contribution in [3.8, 4) is 0 Å². The molecule has 172 valence electrons. The fraction of sp³-hybridized carbons (Fsp3) is 0.864. The number of amides is 2. The Bertz CT molecular complexity index is 577. The summed E-state index contributed by atoms with van der Waals surface area (Å²) < 4.78 is 5.10. The standard InChI is InChI=1S/C22H41N5O3/c1-5-30-21(29)27-14-10-18(11-15-27)25-20(23-16-19(28)26(3)4)24-17-22(2)12-8-6-7-9-13-22/h18H,5-17H2,1-4H3,(H2,23,24,25). The monoisotopic (exact) mass is 423 g/mol. The van der Waals surface area contributed by atoms with Crippen LogP contribution in [0.25, 0.3) is 0 Å². The number of carbonyl (C=O) groups excluding carboxylic acids is 2. The van der Waals surface area contributed by atoms with Crippen molar-refractivity contribution in [3.63, 3.8) is 0 Å². The van der Waals surface area contributed by atoms with Crippen molar-refractivity contribution >= 4 is 18.0 Å². The van der Waals surface area contributed by atoms with Gasteiger partial charge in [0.15, 0.2) is 5.96 Å². The fourth-order valence-electron chi connectivity index (χ4n) is 4.11. The normalized spacial score (nSPS) is 20.3. The van der Waals surface area contributed by atoms with Gasteiger partial charge in [0.1, 0.15) is 6.54 Å². The maximum atomic E-state index is 12.0. The lowest BCUT2D eigenvalue weighted by Crippen LogP contribution is -2.51. The van der Waals surface area contributed by atoms with E-state index in [1.165, 1.54) is 38.5 Å². The van der Waals surface area contributed by atoms with Crippen LogP contribution in [-0.4, -0.2) is 80.7 Å². The molecule has 0 aromatic heterocycles. The molecule has 0 bridgehead atoms. The van der Waals surface area contributed by atoms with Gasteiger partial charge in [-0.15, -0.1) is 0 Å². The smallest absolute Gasteiger partial charge is 0.409 e. The molecule has 8 heteroatoms. The lowest BCUT2D eigenvalue weighted by atomic mass is 9.82. The van der Waals surface area contributed by atoms with Crippen molar-refractivity contribution in [1.29, 1.82) is 0 Å². The molecule has 2 fully saturated rings. The lowest BCUT2D eigenvalue weighted by Gasteiger charge is -2.34. The van der Waals surface area contributed by atoms with Crippen LogP contribution in [-0.2, 0) is 9.53 Å². The molecule has 1 heterocycles. The highest BCUT2D eigenvalue weighted by Gasteiger charge is 2.27. The zero-order valence-corrected chi connectivity index (χ0v) is 19.3. The van der Waals surface area contributed by atoms with E-state index in [2.05, 4.69) is 22.5 Å². The van der Waals surface area contributed by atoms with Gasteiger partial charge in [0.2, 0.25) is 5.91 Å². The fourth-order valence-corrected chi connectivity index (χ4v) is 4.11. The predicted octanol–water partition coefficient (Wildman–Crippen LogP) is 2.59. The van der Waals surface area contributed by atoms with Gasteiger partial charge in [0.25, 0.3) is 0 Å². The van der Waals surface area contributed by atoms with Crippen LogP contribution < -0.4 is 10.6 Å². The number of guanidine groups is 1. The molecule has 0 aromatic rings. The Labute approximate surface area is 181 Å². The molecule has 1 saturated carbocycles. The van der Waals surface area contributed by atoms with Gasteiger partial charge >= 0.3 is 6.09 Å². The van der Waals surface area contributed by atoms with E-state index in [-0.39, 0.29) is 30.0 Å². The molecule has 0 aromatic carbocycles. The molecular formula is C22H41N5O3. The average Bonchev–Trinajstić information content (AvgIpc) is 2.95. The predicted molar refractivity (Wildman–Crippen MR) is 120 cm³/mol. The molecule has 2 amide bonds. The molecule has 2 aliphatic rings. The molecule has 0 radical (unpaired) electrons. The minimum absolute atomic E-state index is 0.0195.